The van der Waals surface area contributed by atoms with Gasteiger partial charge in [0.15, 0.2) is 0 Å². The number of nitrogens with zero attached hydrogens (tertiary/aromatic N) is 1. The summed E-state index contributed by atoms with van der Waals surface area (Å²) in [5.74, 6) is 0.116. The van der Waals surface area contributed by atoms with Crippen molar-refractivity contribution in [1.82, 2.24) is 9.29 Å². The molecule has 0 aliphatic heterocycles. The number of pyridine rings is 1. The molecule has 0 bridgehead atoms. The Morgan fingerprint density at radius 2 is 1.64 bits per heavy atom. The molecule has 0 aliphatic rings. The van der Waals surface area contributed by atoms with E-state index < -0.39 is 15.8 Å². The number of nitrogens with one attached hydrogen (secondary N) is 1. The number of aryl methyl sites for hydroxylation is 1. The molecule has 0 saturated heterocycles. The summed E-state index contributed by atoms with van der Waals surface area (Å²) in [6.07, 6.45) is 0. The van der Waals surface area contributed by atoms with E-state index in [0.717, 1.165) is 23.1 Å². The fraction of sp³-hybridized carbons (Fsp3) is 0.160. The van der Waals surface area contributed by atoms with Crippen LogP contribution >= 0.6 is 0 Å². The molecule has 0 unspecified atom stereocenters. The van der Waals surface area contributed by atoms with Gasteiger partial charge in [-0.1, -0.05) is 24.3 Å². The first-order valence-electron chi connectivity index (χ1n) is 10.3. The van der Waals surface area contributed by atoms with Crippen molar-refractivity contribution in [2.24, 2.45) is 0 Å². The molecule has 0 amide bonds. The smallest absolute Gasteiger partial charge is 0.252 e. The van der Waals surface area contributed by atoms with E-state index in [1.165, 1.54) is 16.4 Å². The summed E-state index contributed by atoms with van der Waals surface area (Å²) in [4.78, 5) is 15.6. The maximum Gasteiger partial charge on any atom is 0.252 e. The number of aromatic nitrogens is 1. The van der Waals surface area contributed by atoms with Gasteiger partial charge in [0.25, 0.3) is 5.56 Å². The minimum absolute atomic E-state index is 0.0229. The molecule has 1 heterocycles. The Morgan fingerprint density at radius 3 is 2.30 bits per heavy atom. The third-order valence-corrected chi connectivity index (χ3v) is 7.20. The lowest BCUT2D eigenvalue weighted by Crippen LogP contribution is -2.32. The molecule has 0 aliphatic carbocycles. The highest BCUT2D eigenvalue weighted by molar-refractivity contribution is 7.89. The fourth-order valence-electron chi connectivity index (χ4n) is 3.58. The van der Waals surface area contributed by atoms with Crippen molar-refractivity contribution in [2.75, 3.05) is 7.11 Å². The number of methoxy groups -OCH3 is 1. The highest BCUT2D eigenvalue weighted by Crippen LogP contribution is 2.23. The summed E-state index contributed by atoms with van der Waals surface area (Å²) >= 11 is 0. The normalized spacial score (nSPS) is 11.8. The van der Waals surface area contributed by atoms with Crippen LogP contribution in [0, 0.1) is 12.7 Å². The number of aromatic amines is 1. The summed E-state index contributed by atoms with van der Waals surface area (Å²) in [7, 11) is -2.47. The van der Waals surface area contributed by atoms with Gasteiger partial charge in [0.2, 0.25) is 10.0 Å². The largest absolute Gasteiger partial charge is 0.497 e. The van der Waals surface area contributed by atoms with Crippen molar-refractivity contribution in [3.05, 3.63) is 106 Å². The van der Waals surface area contributed by atoms with Gasteiger partial charge in [-0.3, -0.25) is 4.79 Å². The molecule has 1 N–H and O–H groups in total. The highest BCUT2D eigenvalue weighted by Gasteiger charge is 2.26. The summed E-state index contributed by atoms with van der Waals surface area (Å²) < 4.78 is 46.7. The molecule has 0 fully saturated rings. The SMILES string of the molecule is COc1ccc(CN(Cc2cc3ccc(C)cc3[nH]c2=O)S(=O)(=O)c2ccc(F)cc2)cc1. The first-order chi connectivity index (χ1) is 15.8. The number of H-pyrrole nitrogens is 1. The van der Waals surface area contributed by atoms with Gasteiger partial charge >= 0.3 is 0 Å². The lowest BCUT2D eigenvalue weighted by atomic mass is 10.1. The van der Waals surface area contributed by atoms with Crippen molar-refractivity contribution < 1.29 is 17.5 Å². The van der Waals surface area contributed by atoms with Gasteiger partial charge in [0, 0.05) is 24.2 Å². The van der Waals surface area contributed by atoms with E-state index in [0.29, 0.717) is 22.4 Å². The molecule has 4 rings (SSSR count). The Morgan fingerprint density at radius 1 is 0.939 bits per heavy atom. The standard InChI is InChI=1S/C25H23FN2O4S/c1-17-3-6-19-14-20(25(29)27-24(19)13-17)16-28(15-18-4-9-22(32-2)10-5-18)33(30,31)23-11-7-21(26)8-12-23/h3-14H,15-16H2,1-2H3,(H,27,29). The molecule has 33 heavy (non-hydrogen) atoms. The number of sulfonamides is 1. The first-order valence-corrected chi connectivity index (χ1v) is 11.7. The molecule has 0 radical (unpaired) electrons. The van der Waals surface area contributed by atoms with Gasteiger partial charge in [-0.25, -0.2) is 12.8 Å². The maximum absolute atomic E-state index is 13.5. The Kier molecular flexibility index (Phi) is 6.31. The van der Waals surface area contributed by atoms with E-state index in [9.17, 15) is 17.6 Å². The Labute approximate surface area is 191 Å². The fourth-order valence-corrected chi connectivity index (χ4v) is 4.99. The monoisotopic (exact) mass is 466 g/mol. The lowest BCUT2D eigenvalue weighted by molar-refractivity contribution is 0.398. The van der Waals surface area contributed by atoms with E-state index >= 15 is 0 Å². The molecule has 3 aromatic carbocycles. The van der Waals surface area contributed by atoms with E-state index in [-0.39, 0.29) is 23.5 Å². The van der Waals surface area contributed by atoms with Crippen LogP contribution in [-0.4, -0.2) is 24.8 Å². The van der Waals surface area contributed by atoms with Crippen molar-refractivity contribution >= 4 is 20.9 Å². The second kappa shape index (κ2) is 9.17. The Balaban J connectivity index is 1.75. The minimum Gasteiger partial charge on any atom is -0.497 e. The van der Waals surface area contributed by atoms with Crippen LogP contribution < -0.4 is 10.3 Å². The average Bonchev–Trinajstić information content (AvgIpc) is 2.80. The first kappa shape index (κ1) is 22.7. The molecular formula is C25H23FN2O4S. The molecule has 6 nitrogen and oxygen atoms in total. The van der Waals surface area contributed by atoms with Gasteiger partial charge in [-0.15, -0.1) is 0 Å². The molecule has 0 saturated carbocycles. The van der Waals surface area contributed by atoms with Crippen LogP contribution in [0.2, 0.25) is 0 Å². The van der Waals surface area contributed by atoms with Crippen LogP contribution in [0.25, 0.3) is 10.9 Å². The number of benzene rings is 3. The zero-order valence-electron chi connectivity index (χ0n) is 18.2. The van der Waals surface area contributed by atoms with Crippen LogP contribution in [0.5, 0.6) is 5.75 Å². The predicted octanol–water partition coefficient (Wildman–Crippen LogP) is 4.38. The van der Waals surface area contributed by atoms with Crippen LogP contribution in [0.3, 0.4) is 0 Å². The lowest BCUT2D eigenvalue weighted by Gasteiger charge is -2.22. The number of ether oxygens (including phenoxy) is 1. The molecule has 1 aromatic heterocycles. The van der Waals surface area contributed by atoms with E-state index in [4.69, 9.17) is 4.74 Å². The predicted molar refractivity (Wildman–Crippen MR) is 125 cm³/mol. The van der Waals surface area contributed by atoms with Gasteiger partial charge in [-0.05, 0) is 72.0 Å². The quantitative estimate of drug-likeness (QED) is 0.439. The summed E-state index contributed by atoms with van der Waals surface area (Å²) in [6.45, 7) is 1.80. The summed E-state index contributed by atoms with van der Waals surface area (Å²) in [6, 6.07) is 19.0. The molecule has 0 atom stereocenters. The third kappa shape index (κ3) is 4.97. The average molecular weight is 467 g/mol. The number of hydrogen-bond donors (Lipinski definition) is 1. The maximum atomic E-state index is 13.5. The van der Waals surface area contributed by atoms with Crippen molar-refractivity contribution in [3.63, 3.8) is 0 Å². The van der Waals surface area contributed by atoms with Crippen LogP contribution in [0.15, 0.2) is 82.5 Å². The zero-order valence-corrected chi connectivity index (χ0v) is 19.0. The second-order valence-corrected chi connectivity index (χ2v) is 9.73. The van der Waals surface area contributed by atoms with E-state index in [2.05, 4.69) is 4.98 Å². The summed E-state index contributed by atoms with van der Waals surface area (Å²) in [5, 5.41) is 0.804. The van der Waals surface area contributed by atoms with Gasteiger partial charge < -0.3 is 9.72 Å². The minimum atomic E-state index is -4.02. The van der Waals surface area contributed by atoms with Crippen LogP contribution in [0.1, 0.15) is 16.7 Å². The number of hydrogen-bond acceptors (Lipinski definition) is 4. The molecule has 170 valence electrons. The van der Waals surface area contributed by atoms with E-state index in [1.807, 2.05) is 25.1 Å². The van der Waals surface area contributed by atoms with Crippen molar-refractivity contribution in [3.8, 4) is 5.75 Å². The van der Waals surface area contributed by atoms with Crippen LogP contribution in [0.4, 0.5) is 4.39 Å². The molecule has 8 heteroatoms. The molecule has 0 spiro atoms. The Hall–Kier alpha value is -3.49. The van der Waals surface area contributed by atoms with Gasteiger partial charge in [0.1, 0.15) is 11.6 Å². The molecular weight excluding hydrogens is 443 g/mol. The number of fused-ring (bicyclic) bond motifs is 1. The van der Waals surface area contributed by atoms with Crippen molar-refractivity contribution in [2.45, 2.75) is 24.9 Å². The van der Waals surface area contributed by atoms with Crippen LogP contribution in [-0.2, 0) is 23.1 Å². The van der Waals surface area contributed by atoms with Gasteiger partial charge in [0.05, 0.1) is 12.0 Å². The number of halogens is 1. The second-order valence-electron chi connectivity index (χ2n) is 7.79. The number of rotatable bonds is 7. The highest BCUT2D eigenvalue weighted by atomic mass is 32.2. The van der Waals surface area contributed by atoms with Gasteiger partial charge in [-0.2, -0.15) is 4.31 Å². The van der Waals surface area contributed by atoms with Crippen molar-refractivity contribution in [1.29, 1.82) is 0 Å². The third-order valence-electron chi connectivity index (χ3n) is 5.39. The van der Waals surface area contributed by atoms with E-state index in [1.54, 1.807) is 37.4 Å². The zero-order chi connectivity index (χ0) is 23.6. The Bertz CT molecular complexity index is 1450. The topological polar surface area (TPSA) is 79.5 Å². The summed E-state index contributed by atoms with van der Waals surface area (Å²) in [5.41, 5.74) is 2.36. The molecule has 4 aromatic rings.